The normalized spacial score (nSPS) is 18.5. The first kappa shape index (κ1) is 23.7. The van der Waals surface area contributed by atoms with Gasteiger partial charge in [-0.1, -0.05) is 23.8 Å². The smallest absolute Gasteiger partial charge is 0.273 e. The molecule has 2 aliphatic rings. The number of amides is 1. The van der Waals surface area contributed by atoms with E-state index < -0.39 is 0 Å². The molecule has 8 heteroatoms. The standard InChI is InChI=1S/C27H31FN4O2S/c28-22-10-8-20(9-11-22)17-32-26(34)24-23(13-16-35-24)30-27(32)31-15-4-7-21(18-31)25(33)29-14-12-19-5-2-1-3-6-19/h5,8-11,13,16,21H,1-4,6-7,12,14-15,17-18H2,(H,29,33)/t21-/m1/s1. The van der Waals surface area contributed by atoms with E-state index in [0.29, 0.717) is 35.8 Å². The Morgan fingerprint density at radius 1 is 1.17 bits per heavy atom. The SMILES string of the molecule is O=C(NCCC1=CCCCC1)[C@@H]1CCCN(c2nc3ccsc3c(=O)n2Cc2ccc(F)cc2)C1. The van der Waals surface area contributed by atoms with Crippen molar-refractivity contribution in [2.45, 2.75) is 51.5 Å². The van der Waals surface area contributed by atoms with Gasteiger partial charge in [-0.3, -0.25) is 14.2 Å². The van der Waals surface area contributed by atoms with Crippen LogP contribution in [0.15, 0.2) is 52.2 Å². The van der Waals surface area contributed by atoms with E-state index >= 15 is 0 Å². The molecule has 1 aliphatic carbocycles. The molecular weight excluding hydrogens is 463 g/mol. The number of aromatic nitrogens is 2. The monoisotopic (exact) mass is 494 g/mol. The number of benzene rings is 1. The van der Waals surface area contributed by atoms with Crippen LogP contribution < -0.4 is 15.8 Å². The first-order chi connectivity index (χ1) is 17.1. The zero-order valence-corrected chi connectivity index (χ0v) is 20.7. The Bertz CT molecular complexity index is 1280. The van der Waals surface area contributed by atoms with Gasteiger partial charge < -0.3 is 10.2 Å². The van der Waals surface area contributed by atoms with Crippen LogP contribution in [-0.2, 0) is 11.3 Å². The van der Waals surface area contributed by atoms with Crippen molar-refractivity contribution in [1.29, 1.82) is 0 Å². The lowest BCUT2D eigenvalue weighted by Gasteiger charge is -2.34. The Balaban J connectivity index is 1.34. The second-order valence-corrected chi connectivity index (χ2v) is 10.4. The number of nitrogens with one attached hydrogen (secondary N) is 1. The average molecular weight is 495 g/mol. The molecule has 3 heterocycles. The lowest BCUT2D eigenvalue weighted by atomic mass is 9.96. The maximum absolute atomic E-state index is 13.4. The van der Waals surface area contributed by atoms with E-state index in [1.165, 1.54) is 41.9 Å². The van der Waals surface area contributed by atoms with Crippen molar-refractivity contribution < 1.29 is 9.18 Å². The molecule has 35 heavy (non-hydrogen) atoms. The van der Waals surface area contributed by atoms with Crippen LogP contribution in [0.5, 0.6) is 0 Å². The molecular formula is C27H31FN4O2S. The van der Waals surface area contributed by atoms with Crippen LogP contribution in [0.1, 0.15) is 50.5 Å². The molecule has 1 amide bonds. The number of allylic oxidation sites excluding steroid dienone is 1. The van der Waals surface area contributed by atoms with Crippen molar-refractivity contribution in [3.8, 4) is 0 Å². The summed E-state index contributed by atoms with van der Waals surface area (Å²) in [6.45, 7) is 2.25. The average Bonchev–Trinajstić information content (AvgIpc) is 3.37. The van der Waals surface area contributed by atoms with E-state index in [4.69, 9.17) is 4.98 Å². The summed E-state index contributed by atoms with van der Waals surface area (Å²) in [6, 6.07) is 8.06. The summed E-state index contributed by atoms with van der Waals surface area (Å²) in [5, 5.41) is 5.01. The van der Waals surface area contributed by atoms with Gasteiger partial charge in [0.15, 0.2) is 0 Å². The van der Waals surface area contributed by atoms with Crippen molar-refractivity contribution >= 4 is 33.4 Å². The summed E-state index contributed by atoms with van der Waals surface area (Å²) < 4.78 is 15.7. The molecule has 0 bridgehead atoms. The number of carbonyl (C=O) groups excluding carboxylic acids is 1. The second kappa shape index (κ2) is 10.7. The van der Waals surface area contributed by atoms with Crippen LogP contribution >= 0.6 is 11.3 Å². The van der Waals surface area contributed by atoms with Crippen molar-refractivity contribution in [3.63, 3.8) is 0 Å². The summed E-state index contributed by atoms with van der Waals surface area (Å²) in [5.74, 6) is 0.210. The Labute approximate surface area is 208 Å². The predicted octanol–water partition coefficient (Wildman–Crippen LogP) is 4.87. The molecule has 1 N–H and O–H groups in total. The van der Waals surface area contributed by atoms with Gasteiger partial charge in [-0.05, 0) is 74.1 Å². The number of piperidine rings is 1. The summed E-state index contributed by atoms with van der Waals surface area (Å²) in [7, 11) is 0. The Hall–Kier alpha value is -3.00. The van der Waals surface area contributed by atoms with Gasteiger partial charge in [-0.15, -0.1) is 11.3 Å². The van der Waals surface area contributed by atoms with Crippen LogP contribution in [0.4, 0.5) is 10.3 Å². The highest BCUT2D eigenvalue weighted by Crippen LogP contribution is 2.25. The molecule has 184 valence electrons. The van der Waals surface area contributed by atoms with Crippen LogP contribution in [0, 0.1) is 11.7 Å². The quantitative estimate of drug-likeness (QED) is 0.476. The molecule has 5 rings (SSSR count). The highest BCUT2D eigenvalue weighted by Gasteiger charge is 2.28. The number of halogens is 1. The van der Waals surface area contributed by atoms with Crippen molar-refractivity contribution in [2.24, 2.45) is 5.92 Å². The minimum Gasteiger partial charge on any atom is -0.355 e. The molecule has 6 nitrogen and oxygen atoms in total. The van der Waals surface area contributed by atoms with Crippen LogP contribution in [0.2, 0.25) is 0 Å². The minimum atomic E-state index is -0.308. The molecule has 2 aromatic heterocycles. The van der Waals surface area contributed by atoms with E-state index in [2.05, 4.69) is 16.3 Å². The molecule has 1 aliphatic heterocycles. The molecule has 1 fully saturated rings. The Kier molecular flexibility index (Phi) is 7.27. The molecule has 0 spiro atoms. The molecule has 1 aromatic carbocycles. The number of carbonyl (C=O) groups is 1. The maximum atomic E-state index is 13.4. The highest BCUT2D eigenvalue weighted by atomic mass is 32.1. The van der Waals surface area contributed by atoms with Gasteiger partial charge in [0.05, 0.1) is 18.0 Å². The molecule has 3 aromatic rings. The Morgan fingerprint density at radius 3 is 2.83 bits per heavy atom. The first-order valence-electron chi connectivity index (χ1n) is 12.5. The maximum Gasteiger partial charge on any atom is 0.273 e. The largest absolute Gasteiger partial charge is 0.355 e. The fraction of sp³-hybridized carbons (Fsp3) is 0.444. The molecule has 0 radical (unpaired) electrons. The minimum absolute atomic E-state index is 0.0788. The third-order valence-electron chi connectivity index (χ3n) is 7.01. The Morgan fingerprint density at radius 2 is 2.03 bits per heavy atom. The zero-order valence-electron chi connectivity index (χ0n) is 19.8. The lowest BCUT2D eigenvalue weighted by molar-refractivity contribution is -0.125. The summed E-state index contributed by atoms with van der Waals surface area (Å²) in [5.41, 5.74) is 2.87. The van der Waals surface area contributed by atoms with Crippen molar-refractivity contribution in [1.82, 2.24) is 14.9 Å². The number of anilines is 1. The number of hydrogen-bond donors (Lipinski definition) is 1. The van der Waals surface area contributed by atoms with E-state index in [9.17, 15) is 14.0 Å². The topological polar surface area (TPSA) is 67.2 Å². The van der Waals surface area contributed by atoms with Crippen LogP contribution in [-0.4, -0.2) is 35.1 Å². The second-order valence-electron chi connectivity index (χ2n) is 9.50. The molecule has 1 saturated heterocycles. The van der Waals surface area contributed by atoms with Gasteiger partial charge in [0.25, 0.3) is 5.56 Å². The third-order valence-corrected chi connectivity index (χ3v) is 7.90. The summed E-state index contributed by atoms with van der Waals surface area (Å²) in [4.78, 5) is 33.3. The summed E-state index contributed by atoms with van der Waals surface area (Å²) in [6.07, 6.45) is 9.76. The summed E-state index contributed by atoms with van der Waals surface area (Å²) >= 11 is 1.38. The van der Waals surface area contributed by atoms with Crippen LogP contribution in [0.25, 0.3) is 10.2 Å². The van der Waals surface area contributed by atoms with Gasteiger partial charge in [0.1, 0.15) is 10.5 Å². The van der Waals surface area contributed by atoms with E-state index in [0.717, 1.165) is 44.2 Å². The van der Waals surface area contributed by atoms with Gasteiger partial charge >= 0.3 is 0 Å². The van der Waals surface area contributed by atoms with E-state index in [1.54, 1.807) is 16.7 Å². The predicted molar refractivity (Wildman–Crippen MR) is 138 cm³/mol. The molecule has 0 saturated carbocycles. The lowest BCUT2D eigenvalue weighted by Crippen LogP contribution is -2.45. The first-order valence-corrected chi connectivity index (χ1v) is 13.4. The van der Waals surface area contributed by atoms with Crippen molar-refractivity contribution in [2.75, 3.05) is 24.5 Å². The number of fused-ring (bicyclic) bond motifs is 1. The third kappa shape index (κ3) is 5.48. The number of rotatable bonds is 7. The van der Waals surface area contributed by atoms with Gasteiger partial charge in [-0.2, -0.15) is 0 Å². The number of nitrogens with zero attached hydrogens (tertiary/aromatic N) is 3. The number of thiophene rings is 1. The zero-order chi connectivity index (χ0) is 24.2. The van der Waals surface area contributed by atoms with E-state index in [1.807, 2.05) is 11.4 Å². The highest BCUT2D eigenvalue weighted by molar-refractivity contribution is 7.17. The molecule has 1 atom stereocenters. The van der Waals surface area contributed by atoms with Crippen LogP contribution in [0.3, 0.4) is 0 Å². The van der Waals surface area contributed by atoms with Crippen molar-refractivity contribution in [3.05, 3.63) is 69.1 Å². The number of hydrogen-bond acceptors (Lipinski definition) is 5. The van der Waals surface area contributed by atoms with Gasteiger partial charge in [0.2, 0.25) is 11.9 Å². The fourth-order valence-electron chi connectivity index (χ4n) is 5.08. The van der Waals surface area contributed by atoms with Gasteiger partial charge in [0, 0.05) is 19.6 Å². The fourth-order valence-corrected chi connectivity index (χ4v) is 5.86. The molecule has 0 unspecified atom stereocenters. The van der Waals surface area contributed by atoms with E-state index in [-0.39, 0.29) is 23.2 Å². The van der Waals surface area contributed by atoms with Gasteiger partial charge in [-0.25, -0.2) is 9.37 Å².